The standard InChI is InChI=1S/C20H22N2O4/c1-3-20(19(24)25)11-12-8-9-16(20)22(12)18(23)14-10-17(26-2)21-15-7-5-4-6-13(14)15/h4-7,10,12,16H,3,8-9,11H2,1-2H3,(H,24,25)/t12-,16+,20+/m0/s1. The number of nitrogens with zero attached hydrogens (tertiary/aromatic N) is 2. The second kappa shape index (κ2) is 5.97. The van der Waals surface area contributed by atoms with Gasteiger partial charge in [0.05, 0.1) is 23.6 Å². The number of carboxylic acids is 1. The smallest absolute Gasteiger partial charge is 0.311 e. The Morgan fingerprint density at radius 2 is 2.12 bits per heavy atom. The number of benzene rings is 1. The highest BCUT2D eigenvalue weighted by atomic mass is 16.5. The molecule has 3 heterocycles. The van der Waals surface area contributed by atoms with Gasteiger partial charge in [0.15, 0.2) is 0 Å². The Morgan fingerprint density at radius 1 is 1.35 bits per heavy atom. The first-order valence-electron chi connectivity index (χ1n) is 9.01. The summed E-state index contributed by atoms with van der Waals surface area (Å²) in [7, 11) is 1.53. The maximum atomic E-state index is 13.5. The van der Waals surface area contributed by atoms with Crippen molar-refractivity contribution in [2.24, 2.45) is 5.41 Å². The number of hydrogen-bond acceptors (Lipinski definition) is 4. The van der Waals surface area contributed by atoms with Gasteiger partial charge in [-0.25, -0.2) is 4.98 Å². The number of aromatic nitrogens is 1. The van der Waals surface area contributed by atoms with Gasteiger partial charge in [-0.3, -0.25) is 9.59 Å². The van der Waals surface area contributed by atoms with Crippen molar-refractivity contribution >= 4 is 22.8 Å². The van der Waals surface area contributed by atoms with Crippen molar-refractivity contribution < 1.29 is 19.4 Å². The van der Waals surface area contributed by atoms with Crippen LogP contribution in [0, 0.1) is 5.41 Å². The Hall–Kier alpha value is -2.63. The first kappa shape index (κ1) is 16.8. The van der Waals surface area contributed by atoms with Crippen LogP contribution in [-0.4, -0.2) is 46.1 Å². The van der Waals surface area contributed by atoms with Crippen molar-refractivity contribution in [2.45, 2.75) is 44.7 Å². The molecule has 3 atom stereocenters. The lowest BCUT2D eigenvalue weighted by Gasteiger charge is -2.32. The second-order valence-corrected chi connectivity index (χ2v) is 7.21. The summed E-state index contributed by atoms with van der Waals surface area (Å²) >= 11 is 0. The van der Waals surface area contributed by atoms with E-state index in [1.807, 2.05) is 36.1 Å². The number of methoxy groups -OCH3 is 1. The van der Waals surface area contributed by atoms with Crippen molar-refractivity contribution in [1.29, 1.82) is 0 Å². The monoisotopic (exact) mass is 354 g/mol. The van der Waals surface area contributed by atoms with E-state index in [4.69, 9.17) is 4.74 Å². The number of carboxylic acid groups (broad SMARTS) is 1. The third-order valence-electron chi connectivity index (χ3n) is 6.16. The highest BCUT2D eigenvalue weighted by Gasteiger charge is 2.60. The van der Waals surface area contributed by atoms with E-state index in [1.54, 1.807) is 6.07 Å². The average molecular weight is 354 g/mol. The summed E-state index contributed by atoms with van der Waals surface area (Å²) in [5.74, 6) is -0.522. The molecule has 4 rings (SSSR count). The molecule has 1 amide bonds. The largest absolute Gasteiger partial charge is 0.481 e. The first-order chi connectivity index (χ1) is 12.5. The van der Waals surface area contributed by atoms with Crippen LogP contribution in [0.4, 0.5) is 0 Å². The number of hydrogen-bond donors (Lipinski definition) is 1. The zero-order valence-electron chi connectivity index (χ0n) is 14.9. The van der Waals surface area contributed by atoms with E-state index < -0.39 is 11.4 Å². The molecule has 6 heteroatoms. The molecule has 2 aromatic rings. The molecule has 1 aromatic carbocycles. The number of para-hydroxylation sites is 1. The van der Waals surface area contributed by atoms with Gasteiger partial charge in [-0.05, 0) is 31.7 Å². The summed E-state index contributed by atoms with van der Waals surface area (Å²) in [6.07, 6.45) is 2.69. The Balaban J connectivity index is 1.80. The molecule has 0 saturated carbocycles. The van der Waals surface area contributed by atoms with E-state index in [0.29, 0.717) is 29.8 Å². The van der Waals surface area contributed by atoms with Crippen molar-refractivity contribution in [1.82, 2.24) is 9.88 Å². The first-order valence-corrected chi connectivity index (χ1v) is 9.01. The minimum Gasteiger partial charge on any atom is -0.481 e. The number of carbonyl (C=O) groups excluding carboxylic acids is 1. The van der Waals surface area contributed by atoms with Crippen LogP contribution in [0.1, 0.15) is 43.0 Å². The lowest BCUT2D eigenvalue weighted by atomic mass is 9.72. The van der Waals surface area contributed by atoms with Crippen LogP contribution < -0.4 is 4.74 Å². The summed E-state index contributed by atoms with van der Waals surface area (Å²) in [5, 5.41) is 10.6. The highest BCUT2D eigenvalue weighted by Crippen LogP contribution is 2.52. The summed E-state index contributed by atoms with van der Waals surface area (Å²) in [6.45, 7) is 1.91. The third kappa shape index (κ3) is 2.21. The normalized spacial score (nSPS) is 27.1. The van der Waals surface area contributed by atoms with Crippen LogP contribution in [-0.2, 0) is 4.79 Å². The molecule has 0 aliphatic carbocycles. The predicted molar refractivity (Wildman–Crippen MR) is 96.3 cm³/mol. The molecule has 0 radical (unpaired) electrons. The van der Waals surface area contributed by atoms with Gasteiger partial charge < -0.3 is 14.7 Å². The molecule has 0 unspecified atom stereocenters. The molecular weight excluding hydrogens is 332 g/mol. The Morgan fingerprint density at radius 3 is 2.77 bits per heavy atom. The van der Waals surface area contributed by atoms with E-state index in [-0.39, 0.29) is 18.0 Å². The fourth-order valence-corrected chi connectivity index (χ4v) is 4.82. The zero-order chi connectivity index (χ0) is 18.5. The maximum Gasteiger partial charge on any atom is 0.311 e. The molecule has 0 spiro atoms. The van der Waals surface area contributed by atoms with Crippen LogP contribution in [0.25, 0.3) is 10.9 Å². The highest BCUT2D eigenvalue weighted by molar-refractivity contribution is 6.07. The van der Waals surface area contributed by atoms with Crippen LogP contribution in [0.2, 0.25) is 0 Å². The quantitative estimate of drug-likeness (QED) is 0.913. The lowest BCUT2D eigenvalue weighted by Crippen LogP contribution is -2.44. The van der Waals surface area contributed by atoms with E-state index in [0.717, 1.165) is 18.2 Å². The Kier molecular flexibility index (Phi) is 3.86. The van der Waals surface area contributed by atoms with Crippen LogP contribution in [0.3, 0.4) is 0 Å². The van der Waals surface area contributed by atoms with Gasteiger partial charge in [-0.2, -0.15) is 0 Å². The van der Waals surface area contributed by atoms with Crippen molar-refractivity contribution in [3.05, 3.63) is 35.9 Å². The number of rotatable bonds is 4. The fraction of sp³-hybridized carbons (Fsp3) is 0.450. The molecule has 1 aromatic heterocycles. The molecule has 2 fully saturated rings. The topological polar surface area (TPSA) is 79.7 Å². The van der Waals surface area contributed by atoms with Gasteiger partial charge in [0.2, 0.25) is 5.88 Å². The van der Waals surface area contributed by atoms with Gasteiger partial charge in [0.25, 0.3) is 5.91 Å². The van der Waals surface area contributed by atoms with Crippen molar-refractivity contribution in [2.75, 3.05) is 7.11 Å². The summed E-state index contributed by atoms with van der Waals surface area (Å²) in [5.41, 5.74) is 0.397. The van der Waals surface area contributed by atoms with Crippen LogP contribution in [0.5, 0.6) is 5.88 Å². The minimum atomic E-state index is -0.828. The average Bonchev–Trinajstić information content (AvgIpc) is 3.22. The van der Waals surface area contributed by atoms with E-state index in [2.05, 4.69) is 4.98 Å². The molecule has 136 valence electrons. The van der Waals surface area contributed by atoms with Crippen molar-refractivity contribution in [3.8, 4) is 5.88 Å². The van der Waals surface area contributed by atoms with E-state index in [9.17, 15) is 14.7 Å². The molecule has 2 saturated heterocycles. The van der Waals surface area contributed by atoms with Crippen LogP contribution >= 0.6 is 0 Å². The van der Waals surface area contributed by atoms with Gasteiger partial charge in [0.1, 0.15) is 0 Å². The predicted octanol–water partition coefficient (Wildman–Crippen LogP) is 3.10. The molecule has 26 heavy (non-hydrogen) atoms. The lowest BCUT2D eigenvalue weighted by molar-refractivity contribution is -0.151. The zero-order valence-corrected chi connectivity index (χ0v) is 14.9. The number of ether oxygens (including phenoxy) is 1. The summed E-state index contributed by atoms with van der Waals surface area (Å²) < 4.78 is 5.27. The summed E-state index contributed by atoms with van der Waals surface area (Å²) in [4.78, 5) is 31.7. The SMILES string of the molecule is CC[C@@]1(C(=O)O)C[C@@H]2CC[C@H]1N2C(=O)c1cc(OC)nc2ccccc12. The second-order valence-electron chi connectivity index (χ2n) is 7.21. The van der Waals surface area contributed by atoms with E-state index >= 15 is 0 Å². The molecule has 2 aliphatic heterocycles. The van der Waals surface area contributed by atoms with Crippen LogP contribution in [0.15, 0.2) is 30.3 Å². The molecule has 2 bridgehead atoms. The number of amides is 1. The van der Waals surface area contributed by atoms with Gasteiger partial charge in [-0.1, -0.05) is 25.1 Å². The number of pyridine rings is 1. The van der Waals surface area contributed by atoms with Gasteiger partial charge in [0, 0.05) is 23.5 Å². The van der Waals surface area contributed by atoms with Gasteiger partial charge in [-0.15, -0.1) is 0 Å². The number of carbonyl (C=O) groups is 2. The molecule has 1 N–H and O–H groups in total. The summed E-state index contributed by atoms with van der Waals surface area (Å²) in [6, 6.07) is 8.87. The van der Waals surface area contributed by atoms with E-state index in [1.165, 1.54) is 7.11 Å². The molecule has 2 aliphatic rings. The van der Waals surface area contributed by atoms with Crippen molar-refractivity contribution in [3.63, 3.8) is 0 Å². The third-order valence-corrected chi connectivity index (χ3v) is 6.16. The van der Waals surface area contributed by atoms with Gasteiger partial charge >= 0.3 is 5.97 Å². The molecular formula is C20H22N2O4. The Labute approximate surface area is 151 Å². The number of fused-ring (bicyclic) bond motifs is 3. The minimum absolute atomic E-state index is 0.0125. The molecule has 6 nitrogen and oxygen atoms in total. The fourth-order valence-electron chi connectivity index (χ4n) is 4.82. The Bertz CT molecular complexity index is 897. The maximum absolute atomic E-state index is 13.5. The number of aliphatic carboxylic acids is 1.